The quantitative estimate of drug-likeness (QED) is 0.776. The number of halogens is 1. The summed E-state index contributed by atoms with van der Waals surface area (Å²) >= 11 is 5.94. The minimum absolute atomic E-state index is 0.141. The number of rotatable bonds is 8. The lowest BCUT2D eigenvalue weighted by atomic mass is 9.97. The van der Waals surface area contributed by atoms with Crippen molar-refractivity contribution in [1.29, 1.82) is 0 Å². The summed E-state index contributed by atoms with van der Waals surface area (Å²) in [4.78, 5) is 11.7. The molecule has 5 heteroatoms. The molecule has 0 atom stereocenters. The van der Waals surface area contributed by atoms with Crippen LogP contribution in [0, 0.1) is 0 Å². The van der Waals surface area contributed by atoms with E-state index in [2.05, 4.69) is 5.32 Å². The lowest BCUT2D eigenvalue weighted by molar-refractivity contribution is -0.122. The van der Waals surface area contributed by atoms with E-state index in [9.17, 15) is 9.90 Å². The fraction of sp³-hybridized carbons (Fsp3) is 0.533. The monoisotopic (exact) mass is 299 g/mol. The van der Waals surface area contributed by atoms with Gasteiger partial charge in [-0.05, 0) is 25.0 Å². The van der Waals surface area contributed by atoms with E-state index in [1.807, 2.05) is 26.0 Å². The van der Waals surface area contributed by atoms with Gasteiger partial charge >= 0.3 is 0 Å². The molecule has 0 heterocycles. The number of para-hydroxylation sites is 1. The zero-order valence-electron chi connectivity index (χ0n) is 12.0. The van der Waals surface area contributed by atoms with Crippen molar-refractivity contribution < 1.29 is 14.6 Å². The van der Waals surface area contributed by atoms with Gasteiger partial charge in [0.1, 0.15) is 5.75 Å². The van der Waals surface area contributed by atoms with Crippen LogP contribution >= 0.6 is 11.6 Å². The first-order valence-electron chi connectivity index (χ1n) is 6.87. The molecule has 4 nitrogen and oxygen atoms in total. The predicted octanol–water partition coefficient (Wildman–Crippen LogP) is 2.78. The van der Waals surface area contributed by atoms with E-state index in [-0.39, 0.29) is 25.5 Å². The molecule has 0 aliphatic rings. The number of amides is 1. The van der Waals surface area contributed by atoms with Crippen LogP contribution < -0.4 is 10.1 Å². The lowest BCUT2D eigenvalue weighted by Gasteiger charge is -2.25. The van der Waals surface area contributed by atoms with Crippen LogP contribution in [-0.2, 0) is 4.79 Å². The number of hydrogen-bond donors (Lipinski definition) is 2. The number of benzene rings is 1. The highest BCUT2D eigenvalue weighted by atomic mass is 35.5. The van der Waals surface area contributed by atoms with Crippen molar-refractivity contribution in [3.63, 3.8) is 0 Å². The highest BCUT2D eigenvalue weighted by molar-refractivity contribution is 6.32. The first-order chi connectivity index (χ1) is 9.50. The van der Waals surface area contributed by atoms with Crippen molar-refractivity contribution in [2.45, 2.75) is 38.7 Å². The highest BCUT2D eigenvalue weighted by Gasteiger charge is 2.22. The summed E-state index contributed by atoms with van der Waals surface area (Å²) in [7, 11) is 0. The minimum atomic E-state index is -0.820. The molecule has 0 saturated heterocycles. The smallest absolute Gasteiger partial charge is 0.223 e. The third-order valence-electron chi connectivity index (χ3n) is 3.35. The Labute approximate surface area is 125 Å². The Morgan fingerprint density at radius 3 is 2.60 bits per heavy atom. The summed E-state index contributed by atoms with van der Waals surface area (Å²) in [6.45, 7) is 4.32. The topological polar surface area (TPSA) is 58.6 Å². The van der Waals surface area contributed by atoms with Gasteiger partial charge in [-0.3, -0.25) is 4.79 Å². The largest absolute Gasteiger partial charge is 0.491 e. The van der Waals surface area contributed by atoms with Crippen molar-refractivity contribution in [3.05, 3.63) is 29.3 Å². The molecule has 0 spiro atoms. The van der Waals surface area contributed by atoms with Gasteiger partial charge in [0.15, 0.2) is 0 Å². The average molecular weight is 300 g/mol. The second kappa shape index (κ2) is 8.12. The Kier molecular flexibility index (Phi) is 6.82. The van der Waals surface area contributed by atoms with Crippen LogP contribution in [0.3, 0.4) is 0 Å². The van der Waals surface area contributed by atoms with Gasteiger partial charge in [0, 0.05) is 6.54 Å². The van der Waals surface area contributed by atoms with Crippen LogP contribution in [0.25, 0.3) is 0 Å². The van der Waals surface area contributed by atoms with E-state index in [1.165, 1.54) is 0 Å². The summed E-state index contributed by atoms with van der Waals surface area (Å²) < 4.78 is 5.44. The second-order valence-corrected chi connectivity index (χ2v) is 5.14. The van der Waals surface area contributed by atoms with Crippen LogP contribution in [0.1, 0.15) is 33.1 Å². The van der Waals surface area contributed by atoms with Crippen LogP contribution in [0.15, 0.2) is 24.3 Å². The van der Waals surface area contributed by atoms with E-state index < -0.39 is 5.60 Å². The van der Waals surface area contributed by atoms with Gasteiger partial charge in [-0.1, -0.05) is 37.6 Å². The molecule has 1 aromatic carbocycles. The van der Waals surface area contributed by atoms with Crippen molar-refractivity contribution in [3.8, 4) is 5.75 Å². The number of carbonyl (C=O) groups is 1. The summed E-state index contributed by atoms with van der Waals surface area (Å²) in [5.74, 6) is 0.429. The summed E-state index contributed by atoms with van der Waals surface area (Å²) in [5.41, 5.74) is -0.820. The number of ether oxygens (including phenoxy) is 1. The highest BCUT2D eigenvalue weighted by Crippen LogP contribution is 2.23. The summed E-state index contributed by atoms with van der Waals surface area (Å²) in [6.07, 6.45) is 1.45. The molecule has 1 aromatic rings. The summed E-state index contributed by atoms with van der Waals surface area (Å²) in [6, 6.07) is 7.13. The zero-order valence-corrected chi connectivity index (χ0v) is 12.7. The van der Waals surface area contributed by atoms with Crippen molar-refractivity contribution in [2.75, 3.05) is 13.2 Å². The van der Waals surface area contributed by atoms with Gasteiger partial charge in [0.25, 0.3) is 0 Å². The van der Waals surface area contributed by atoms with Crippen LogP contribution in [0.2, 0.25) is 5.02 Å². The molecule has 0 bridgehead atoms. The fourth-order valence-electron chi connectivity index (χ4n) is 1.67. The molecular formula is C15H22ClNO3. The van der Waals surface area contributed by atoms with Gasteiger partial charge < -0.3 is 15.2 Å². The number of nitrogens with one attached hydrogen (secondary N) is 1. The van der Waals surface area contributed by atoms with Gasteiger partial charge in [0.2, 0.25) is 5.91 Å². The molecule has 0 aromatic heterocycles. The maximum absolute atomic E-state index is 11.7. The van der Waals surface area contributed by atoms with Crippen molar-refractivity contribution >= 4 is 17.5 Å². The Hall–Kier alpha value is -1.26. The maximum Gasteiger partial charge on any atom is 0.223 e. The standard InChI is InChI=1S/C15H22ClNO3/c1-3-15(19,4-2)11-17-14(18)9-10-20-13-8-6-5-7-12(13)16/h5-8,19H,3-4,9-11H2,1-2H3,(H,17,18). The number of carbonyl (C=O) groups excluding carboxylic acids is 1. The van der Waals surface area contributed by atoms with Gasteiger partial charge in [-0.15, -0.1) is 0 Å². The molecule has 0 unspecified atom stereocenters. The lowest BCUT2D eigenvalue weighted by Crippen LogP contribution is -2.42. The Morgan fingerprint density at radius 2 is 2.00 bits per heavy atom. The average Bonchev–Trinajstić information content (AvgIpc) is 2.47. The molecule has 112 valence electrons. The van der Waals surface area contributed by atoms with E-state index in [0.29, 0.717) is 23.6 Å². The van der Waals surface area contributed by atoms with Crippen molar-refractivity contribution in [1.82, 2.24) is 5.32 Å². The number of hydrogen-bond acceptors (Lipinski definition) is 3. The van der Waals surface area contributed by atoms with Gasteiger partial charge in [-0.25, -0.2) is 0 Å². The normalized spacial score (nSPS) is 11.2. The predicted molar refractivity (Wildman–Crippen MR) is 80.1 cm³/mol. The first kappa shape index (κ1) is 16.8. The first-order valence-corrected chi connectivity index (χ1v) is 7.25. The maximum atomic E-state index is 11.7. The fourth-order valence-corrected chi connectivity index (χ4v) is 1.86. The van der Waals surface area contributed by atoms with E-state index in [1.54, 1.807) is 12.1 Å². The molecule has 0 aliphatic carbocycles. The second-order valence-electron chi connectivity index (χ2n) is 4.74. The van der Waals surface area contributed by atoms with Gasteiger partial charge in [0.05, 0.1) is 23.7 Å². The molecule has 20 heavy (non-hydrogen) atoms. The molecule has 1 rings (SSSR count). The van der Waals surface area contributed by atoms with Crippen LogP contribution in [0.5, 0.6) is 5.75 Å². The molecule has 2 N–H and O–H groups in total. The van der Waals surface area contributed by atoms with E-state index >= 15 is 0 Å². The zero-order chi connectivity index (χ0) is 15.0. The minimum Gasteiger partial charge on any atom is -0.491 e. The van der Waals surface area contributed by atoms with Crippen LogP contribution in [0.4, 0.5) is 0 Å². The van der Waals surface area contributed by atoms with E-state index in [4.69, 9.17) is 16.3 Å². The Bertz CT molecular complexity index is 433. The molecular weight excluding hydrogens is 278 g/mol. The third-order valence-corrected chi connectivity index (χ3v) is 3.67. The molecule has 0 radical (unpaired) electrons. The molecule has 0 fully saturated rings. The molecule has 0 saturated carbocycles. The molecule has 0 aliphatic heterocycles. The summed E-state index contributed by atoms with van der Waals surface area (Å²) in [5, 5.41) is 13.3. The van der Waals surface area contributed by atoms with Gasteiger partial charge in [-0.2, -0.15) is 0 Å². The third kappa shape index (κ3) is 5.39. The van der Waals surface area contributed by atoms with E-state index in [0.717, 1.165) is 0 Å². The Morgan fingerprint density at radius 1 is 1.35 bits per heavy atom. The molecule has 1 amide bonds. The Balaban J connectivity index is 2.29. The SMILES string of the molecule is CCC(O)(CC)CNC(=O)CCOc1ccccc1Cl. The van der Waals surface area contributed by atoms with Crippen LogP contribution in [-0.4, -0.2) is 29.8 Å². The van der Waals surface area contributed by atoms with Crippen molar-refractivity contribution in [2.24, 2.45) is 0 Å². The number of aliphatic hydroxyl groups is 1.